The molecule has 0 bridgehead atoms. The summed E-state index contributed by atoms with van der Waals surface area (Å²) >= 11 is 3.16. The topological polar surface area (TPSA) is 42.6 Å². The number of rotatable bonds is 1. The molecule has 0 saturated carbocycles. The molecule has 0 atom stereocenters. The van der Waals surface area contributed by atoms with Gasteiger partial charge in [-0.25, -0.2) is 0 Å². The normalized spacial score (nSPS) is 8.93. The van der Waals surface area contributed by atoms with E-state index in [0.29, 0.717) is 4.47 Å². The minimum atomic E-state index is 0.223. The molecule has 0 unspecified atom stereocenters. The van der Waals surface area contributed by atoms with Crippen molar-refractivity contribution in [2.75, 3.05) is 7.11 Å². The number of ether oxygens (including phenoxy) is 1. The maximum atomic E-state index is 9.04. The SMILES string of the molecule is COc1ccc(O)c(Br)c1.c1ccoc1. The van der Waals surface area contributed by atoms with E-state index in [1.165, 1.54) is 0 Å². The molecule has 0 aliphatic carbocycles. The maximum absolute atomic E-state index is 9.04. The highest BCUT2D eigenvalue weighted by Crippen LogP contribution is 2.27. The van der Waals surface area contributed by atoms with Crippen molar-refractivity contribution in [3.8, 4) is 11.5 Å². The van der Waals surface area contributed by atoms with Crippen LogP contribution < -0.4 is 4.74 Å². The molecule has 1 heterocycles. The van der Waals surface area contributed by atoms with Gasteiger partial charge in [-0.2, -0.15) is 0 Å². The molecule has 0 fully saturated rings. The second-order valence-electron chi connectivity index (χ2n) is 2.61. The minimum absolute atomic E-state index is 0.223. The van der Waals surface area contributed by atoms with Crippen molar-refractivity contribution < 1.29 is 14.3 Å². The molecule has 0 saturated heterocycles. The number of furan rings is 1. The maximum Gasteiger partial charge on any atom is 0.130 e. The van der Waals surface area contributed by atoms with Crippen LogP contribution in [0.1, 0.15) is 0 Å². The van der Waals surface area contributed by atoms with Crippen molar-refractivity contribution in [1.29, 1.82) is 0 Å². The molecule has 2 rings (SSSR count). The van der Waals surface area contributed by atoms with Gasteiger partial charge in [-0.1, -0.05) is 0 Å². The van der Waals surface area contributed by atoms with E-state index in [-0.39, 0.29) is 5.75 Å². The number of aromatic hydroxyl groups is 1. The fraction of sp³-hybridized carbons (Fsp3) is 0.0909. The van der Waals surface area contributed by atoms with Crippen LogP contribution in [0.15, 0.2) is 51.7 Å². The number of phenols is 1. The first-order chi connectivity index (χ1) is 7.24. The Morgan fingerprint density at radius 1 is 1.27 bits per heavy atom. The second-order valence-corrected chi connectivity index (χ2v) is 3.46. The number of phenolic OH excluding ortho intramolecular Hbond substituents is 1. The molecule has 80 valence electrons. The Labute approximate surface area is 96.4 Å². The van der Waals surface area contributed by atoms with Crippen LogP contribution in [-0.4, -0.2) is 12.2 Å². The van der Waals surface area contributed by atoms with Crippen molar-refractivity contribution in [2.24, 2.45) is 0 Å². The summed E-state index contributed by atoms with van der Waals surface area (Å²) in [6.45, 7) is 0. The summed E-state index contributed by atoms with van der Waals surface area (Å²) in [5.74, 6) is 0.950. The summed E-state index contributed by atoms with van der Waals surface area (Å²) in [5.41, 5.74) is 0. The van der Waals surface area contributed by atoms with E-state index in [1.54, 1.807) is 37.8 Å². The van der Waals surface area contributed by atoms with Gasteiger partial charge in [0.1, 0.15) is 11.5 Å². The lowest BCUT2D eigenvalue weighted by Crippen LogP contribution is -1.80. The summed E-state index contributed by atoms with van der Waals surface area (Å²) < 4.78 is 10.1. The third kappa shape index (κ3) is 4.08. The van der Waals surface area contributed by atoms with Gasteiger partial charge in [-0.05, 0) is 46.3 Å². The fourth-order valence-corrected chi connectivity index (χ4v) is 1.20. The molecule has 3 nitrogen and oxygen atoms in total. The van der Waals surface area contributed by atoms with Gasteiger partial charge < -0.3 is 14.3 Å². The van der Waals surface area contributed by atoms with E-state index in [2.05, 4.69) is 20.3 Å². The predicted molar refractivity (Wildman–Crippen MR) is 61.1 cm³/mol. The monoisotopic (exact) mass is 270 g/mol. The molecule has 15 heavy (non-hydrogen) atoms. The smallest absolute Gasteiger partial charge is 0.130 e. The number of hydrogen-bond donors (Lipinski definition) is 1. The van der Waals surface area contributed by atoms with Crippen LogP contribution in [0.5, 0.6) is 11.5 Å². The average Bonchev–Trinajstić information content (AvgIpc) is 2.80. The van der Waals surface area contributed by atoms with Gasteiger partial charge in [0.15, 0.2) is 0 Å². The standard InChI is InChI=1S/C7H7BrO2.C4H4O/c1-10-5-2-3-7(9)6(8)4-5;1-2-4-5-3-1/h2-4,9H,1H3;1-4H. The van der Waals surface area contributed by atoms with E-state index in [9.17, 15) is 0 Å². The first kappa shape index (κ1) is 11.7. The zero-order valence-electron chi connectivity index (χ0n) is 8.18. The number of benzene rings is 1. The molecule has 1 aromatic heterocycles. The molecule has 4 heteroatoms. The lowest BCUT2D eigenvalue weighted by molar-refractivity contribution is 0.411. The summed E-state index contributed by atoms with van der Waals surface area (Å²) in [7, 11) is 1.58. The van der Waals surface area contributed by atoms with Crippen LogP contribution in [-0.2, 0) is 0 Å². The molecule has 0 spiro atoms. The molecule has 0 amide bonds. The highest BCUT2D eigenvalue weighted by molar-refractivity contribution is 9.10. The molecule has 2 aromatic rings. The zero-order chi connectivity index (χ0) is 11.1. The summed E-state index contributed by atoms with van der Waals surface area (Å²) in [4.78, 5) is 0. The summed E-state index contributed by atoms with van der Waals surface area (Å²) in [6.07, 6.45) is 3.25. The van der Waals surface area contributed by atoms with E-state index in [0.717, 1.165) is 5.75 Å². The first-order valence-corrected chi connectivity index (χ1v) is 5.03. The van der Waals surface area contributed by atoms with Crippen LogP contribution in [0.3, 0.4) is 0 Å². The molecular weight excluding hydrogens is 260 g/mol. The fourth-order valence-electron chi connectivity index (χ4n) is 0.841. The molecule has 1 N–H and O–H groups in total. The lowest BCUT2D eigenvalue weighted by Gasteiger charge is -2.00. The van der Waals surface area contributed by atoms with E-state index >= 15 is 0 Å². The minimum Gasteiger partial charge on any atom is -0.507 e. The highest BCUT2D eigenvalue weighted by Gasteiger charge is 1.97. The van der Waals surface area contributed by atoms with E-state index in [1.807, 2.05) is 12.1 Å². The molecule has 1 aromatic carbocycles. The Hall–Kier alpha value is -1.42. The van der Waals surface area contributed by atoms with Crippen molar-refractivity contribution in [3.63, 3.8) is 0 Å². The third-order valence-corrected chi connectivity index (χ3v) is 2.22. The Kier molecular flexibility index (Phi) is 4.77. The molecule has 0 aliphatic heterocycles. The number of hydrogen-bond acceptors (Lipinski definition) is 3. The van der Waals surface area contributed by atoms with Crippen molar-refractivity contribution in [3.05, 3.63) is 47.3 Å². The summed E-state index contributed by atoms with van der Waals surface area (Å²) in [5, 5.41) is 9.04. The van der Waals surface area contributed by atoms with Crippen LogP contribution in [0, 0.1) is 0 Å². The van der Waals surface area contributed by atoms with Gasteiger partial charge in [0, 0.05) is 0 Å². The third-order valence-electron chi connectivity index (χ3n) is 1.58. The van der Waals surface area contributed by atoms with Gasteiger partial charge in [0.05, 0.1) is 24.1 Å². The van der Waals surface area contributed by atoms with E-state index in [4.69, 9.17) is 9.84 Å². The van der Waals surface area contributed by atoms with Crippen LogP contribution >= 0.6 is 15.9 Å². The molecule has 0 aliphatic rings. The molecular formula is C11H11BrO3. The van der Waals surface area contributed by atoms with Crippen molar-refractivity contribution in [1.82, 2.24) is 0 Å². The predicted octanol–water partition coefficient (Wildman–Crippen LogP) is 3.44. The van der Waals surface area contributed by atoms with Gasteiger partial charge in [-0.15, -0.1) is 0 Å². The molecule has 0 radical (unpaired) electrons. The Morgan fingerprint density at radius 3 is 2.33 bits per heavy atom. The van der Waals surface area contributed by atoms with Crippen LogP contribution in [0.25, 0.3) is 0 Å². The van der Waals surface area contributed by atoms with Gasteiger partial charge in [0.2, 0.25) is 0 Å². The first-order valence-electron chi connectivity index (χ1n) is 4.23. The zero-order valence-corrected chi connectivity index (χ0v) is 9.77. The van der Waals surface area contributed by atoms with Crippen LogP contribution in [0.4, 0.5) is 0 Å². The Balaban J connectivity index is 0.000000187. The number of halogens is 1. The van der Waals surface area contributed by atoms with Gasteiger partial charge in [0.25, 0.3) is 0 Å². The quantitative estimate of drug-likeness (QED) is 0.863. The van der Waals surface area contributed by atoms with Crippen LogP contribution in [0.2, 0.25) is 0 Å². The average molecular weight is 271 g/mol. The van der Waals surface area contributed by atoms with Gasteiger partial charge >= 0.3 is 0 Å². The number of methoxy groups -OCH3 is 1. The van der Waals surface area contributed by atoms with Crippen molar-refractivity contribution >= 4 is 15.9 Å². The summed E-state index contributed by atoms with van der Waals surface area (Å²) in [6, 6.07) is 8.64. The lowest BCUT2D eigenvalue weighted by atomic mass is 10.3. The second kappa shape index (κ2) is 6.14. The Bertz CT molecular complexity index is 368. The van der Waals surface area contributed by atoms with Gasteiger partial charge in [-0.3, -0.25) is 0 Å². The van der Waals surface area contributed by atoms with Crippen molar-refractivity contribution in [2.45, 2.75) is 0 Å². The van der Waals surface area contributed by atoms with E-state index < -0.39 is 0 Å². The Morgan fingerprint density at radius 2 is 1.93 bits per heavy atom. The highest BCUT2D eigenvalue weighted by atomic mass is 79.9. The largest absolute Gasteiger partial charge is 0.507 e.